The van der Waals surface area contributed by atoms with Crippen molar-refractivity contribution in [3.05, 3.63) is 29.2 Å². The molecule has 7 heteroatoms. The van der Waals surface area contributed by atoms with E-state index in [4.69, 9.17) is 4.52 Å². The van der Waals surface area contributed by atoms with E-state index in [-0.39, 0.29) is 11.9 Å². The van der Waals surface area contributed by atoms with Gasteiger partial charge in [0.15, 0.2) is 0 Å². The normalized spacial score (nSPS) is 12.4. The summed E-state index contributed by atoms with van der Waals surface area (Å²) in [6.07, 6.45) is 3.52. The number of aromatic nitrogens is 4. The number of nitrogens with zero attached hydrogens (tertiary/aromatic N) is 4. The van der Waals surface area contributed by atoms with Gasteiger partial charge in [0.05, 0.1) is 11.7 Å². The predicted molar refractivity (Wildman–Crippen MR) is 81.2 cm³/mol. The molecule has 0 bridgehead atoms. The minimum atomic E-state index is -0.161. The average molecular weight is 305 g/mol. The maximum atomic E-state index is 12.1. The van der Waals surface area contributed by atoms with Gasteiger partial charge in [0.25, 0.3) is 0 Å². The molecule has 0 saturated heterocycles. The Bertz CT molecular complexity index is 612. The van der Waals surface area contributed by atoms with Crippen LogP contribution in [0.3, 0.4) is 0 Å². The summed E-state index contributed by atoms with van der Waals surface area (Å²) in [7, 11) is 0. The van der Waals surface area contributed by atoms with Crippen LogP contribution in [0.15, 0.2) is 10.9 Å². The largest absolute Gasteiger partial charge is 0.361 e. The molecule has 0 fully saturated rings. The summed E-state index contributed by atoms with van der Waals surface area (Å²) in [6, 6.07) is -0.161. The van der Waals surface area contributed by atoms with E-state index in [0.29, 0.717) is 12.8 Å². The monoisotopic (exact) mass is 305 g/mol. The van der Waals surface area contributed by atoms with Crippen LogP contribution in [0, 0.1) is 13.8 Å². The molecule has 22 heavy (non-hydrogen) atoms. The first-order valence-corrected chi connectivity index (χ1v) is 7.61. The molecule has 0 aromatic carbocycles. The van der Waals surface area contributed by atoms with E-state index >= 15 is 0 Å². The van der Waals surface area contributed by atoms with Gasteiger partial charge in [0.2, 0.25) is 5.91 Å². The summed E-state index contributed by atoms with van der Waals surface area (Å²) in [6.45, 7) is 8.56. The van der Waals surface area contributed by atoms with Gasteiger partial charge in [-0.3, -0.25) is 4.79 Å². The van der Waals surface area contributed by atoms with Crippen LogP contribution in [0.4, 0.5) is 0 Å². The molecule has 1 amide bonds. The lowest BCUT2D eigenvalue weighted by Crippen LogP contribution is -2.29. The Labute approximate surface area is 130 Å². The molecule has 0 unspecified atom stereocenters. The number of aryl methyl sites for hydroxylation is 3. The van der Waals surface area contributed by atoms with E-state index in [1.165, 1.54) is 6.33 Å². The topological polar surface area (TPSA) is 85.8 Å². The number of nitrogens with one attached hydrogen (secondary N) is 1. The molecule has 2 rings (SSSR count). The summed E-state index contributed by atoms with van der Waals surface area (Å²) in [4.78, 5) is 16.4. The van der Waals surface area contributed by atoms with Crippen molar-refractivity contribution in [2.75, 3.05) is 0 Å². The van der Waals surface area contributed by atoms with E-state index in [1.54, 1.807) is 0 Å². The van der Waals surface area contributed by atoms with Gasteiger partial charge >= 0.3 is 0 Å². The number of hydrogen-bond donors (Lipinski definition) is 1. The predicted octanol–water partition coefficient (Wildman–Crippen LogP) is 2.10. The number of hydrogen-bond acceptors (Lipinski definition) is 5. The Hall–Kier alpha value is -2.18. The fraction of sp³-hybridized carbons (Fsp3) is 0.600. The third-order valence-electron chi connectivity index (χ3n) is 3.63. The van der Waals surface area contributed by atoms with Gasteiger partial charge in [0, 0.05) is 18.5 Å². The molecule has 1 N–H and O–H groups in total. The lowest BCUT2D eigenvalue weighted by molar-refractivity contribution is -0.121. The van der Waals surface area contributed by atoms with Crippen LogP contribution in [-0.2, 0) is 17.8 Å². The van der Waals surface area contributed by atoms with Crippen molar-refractivity contribution in [2.24, 2.45) is 0 Å². The smallest absolute Gasteiger partial charge is 0.220 e. The zero-order valence-corrected chi connectivity index (χ0v) is 13.6. The van der Waals surface area contributed by atoms with Crippen molar-refractivity contribution in [1.29, 1.82) is 0 Å². The zero-order chi connectivity index (χ0) is 16.1. The third kappa shape index (κ3) is 3.72. The molecule has 0 spiro atoms. The molecule has 0 saturated carbocycles. The van der Waals surface area contributed by atoms with Gasteiger partial charge in [0.1, 0.15) is 17.9 Å². The standard InChI is InChI=1S/C15H23N5O2/c1-5-8-20-15(16-9-17-20)11(3)18-14(21)7-6-13-10(2)19-22-12(13)4/h9,11H,5-8H2,1-4H3,(H,18,21)/t11-/m0/s1. The molecule has 0 aliphatic rings. The fourth-order valence-corrected chi connectivity index (χ4v) is 2.47. The summed E-state index contributed by atoms with van der Waals surface area (Å²) in [5, 5.41) is 11.0. The first-order valence-electron chi connectivity index (χ1n) is 7.61. The second-order valence-corrected chi connectivity index (χ2v) is 5.43. The molecular formula is C15H23N5O2. The first-order chi connectivity index (χ1) is 10.5. The van der Waals surface area contributed by atoms with Crippen molar-refractivity contribution in [3.63, 3.8) is 0 Å². The highest BCUT2D eigenvalue weighted by atomic mass is 16.5. The number of carbonyl (C=O) groups is 1. The van der Waals surface area contributed by atoms with Gasteiger partial charge in [-0.25, -0.2) is 9.67 Å². The Morgan fingerprint density at radius 2 is 2.23 bits per heavy atom. The van der Waals surface area contributed by atoms with Gasteiger partial charge in [-0.15, -0.1) is 0 Å². The van der Waals surface area contributed by atoms with Crippen LogP contribution in [0.1, 0.15) is 55.6 Å². The number of rotatable bonds is 7. The first kappa shape index (κ1) is 16.2. The number of carbonyl (C=O) groups excluding carboxylic acids is 1. The maximum absolute atomic E-state index is 12.1. The molecule has 0 aliphatic heterocycles. The Balaban J connectivity index is 1.90. The molecule has 2 aromatic heterocycles. The summed E-state index contributed by atoms with van der Waals surface area (Å²) in [5.41, 5.74) is 1.86. The zero-order valence-electron chi connectivity index (χ0n) is 13.6. The van der Waals surface area contributed by atoms with Crippen LogP contribution >= 0.6 is 0 Å². The summed E-state index contributed by atoms with van der Waals surface area (Å²) < 4.78 is 6.94. The van der Waals surface area contributed by atoms with E-state index < -0.39 is 0 Å². The van der Waals surface area contributed by atoms with E-state index in [0.717, 1.165) is 35.8 Å². The van der Waals surface area contributed by atoms with Crippen LogP contribution in [0.2, 0.25) is 0 Å². The van der Waals surface area contributed by atoms with E-state index in [2.05, 4.69) is 27.5 Å². The molecule has 0 radical (unpaired) electrons. The molecular weight excluding hydrogens is 282 g/mol. The van der Waals surface area contributed by atoms with Crippen molar-refractivity contribution >= 4 is 5.91 Å². The summed E-state index contributed by atoms with van der Waals surface area (Å²) in [5.74, 6) is 1.55. The van der Waals surface area contributed by atoms with Gasteiger partial charge in [-0.2, -0.15) is 5.10 Å². The highest BCUT2D eigenvalue weighted by molar-refractivity contribution is 5.76. The minimum Gasteiger partial charge on any atom is -0.361 e. The van der Waals surface area contributed by atoms with Crippen molar-refractivity contribution in [1.82, 2.24) is 25.2 Å². The Morgan fingerprint density at radius 1 is 1.45 bits per heavy atom. The molecule has 1 atom stereocenters. The van der Waals surface area contributed by atoms with Crippen molar-refractivity contribution in [3.8, 4) is 0 Å². The average Bonchev–Trinajstić information content (AvgIpc) is 3.05. The molecule has 2 aromatic rings. The van der Waals surface area contributed by atoms with Gasteiger partial charge in [-0.1, -0.05) is 12.1 Å². The molecule has 0 aliphatic carbocycles. The van der Waals surface area contributed by atoms with Crippen LogP contribution in [0.25, 0.3) is 0 Å². The minimum absolute atomic E-state index is 0.0152. The van der Waals surface area contributed by atoms with Gasteiger partial charge < -0.3 is 9.84 Å². The lowest BCUT2D eigenvalue weighted by Gasteiger charge is -2.14. The number of amides is 1. The summed E-state index contributed by atoms with van der Waals surface area (Å²) >= 11 is 0. The Morgan fingerprint density at radius 3 is 2.86 bits per heavy atom. The molecule has 7 nitrogen and oxygen atoms in total. The second-order valence-electron chi connectivity index (χ2n) is 5.43. The quantitative estimate of drug-likeness (QED) is 0.846. The van der Waals surface area contributed by atoms with Crippen LogP contribution in [-0.4, -0.2) is 25.8 Å². The van der Waals surface area contributed by atoms with Crippen molar-refractivity contribution in [2.45, 2.75) is 59.5 Å². The molecule has 120 valence electrons. The Kier molecular flexibility index (Phi) is 5.30. The lowest BCUT2D eigenvalue weighted by atomic mass is 10.1. The molecule has 2 heterocycles. The van der Waals surface area contributed by atoms with E-state index in [9.17, 15) is 4.79 Å². The highest BCUT2D eigenvalue weighted by Gasteiger charge is 2.16. The maximum Gasteiger partial charge on any atom is 0.220 e. The third-order valence-corrected chi connectivity index (χ3v) is 3.63. The van der Waals surface area contributed by atoms with Crippen molar-refractivity contribution < 1.29 is 9.32 Å². The van der Waals surface area contributed by atoms with Crippen LogP contribution < -0.4 is 5.32 Å². The fourth-order valence-electron chi connectivity index (χ4n) is 2.47. The highest BCUT2D eigenvalue weighted by Crippen LogP contribution is 2.15. The SMILES string of the molecule is CCCn1ncnc1[C@H](C)NC(=O)CCc1c(C)noc1C. The van der Waals surface area contributed by atoms with Gasteiger partial charge in [-0.05, 0) is 33.6 Å². The van der Waals surface area contributed by atoms with Crippen LogP contribution in [0.5, 0.6) is 0 Å². The second kappa shape index (κ2) is 7.20. The van der Waals surface area contributed by atoms with E-state index in [1.807, 2.05) is 25.5 Å².